The van der Waals surface area contributed by atoms with E-state index in [1.807, 2.05) is 62.4 Å². The first-order valence-corrected chi connectivity index (χ1v) is 13.3. The van der Waals surface area contributed by atoms with E-state index in [1.54, 1.807) is 31.4 Å². The Labute approximate surface area is 235 Å². The van der Waals surface area contributed by atoms with E-state index in [0.29, 0.717) is 30.2 Å². The van der Waals surface area contributed by atoms with Gasteiger partial charge < -0.3 is 20.1 Å². The van der Waals surface area contributed by atoms with Crippen LogP contribution in [0, 0.1) is 10.5 Å². The van der Waals surface area contributed by atoms with Crippen molar-refractivity contribution in [2.75, 3.05) is 25.6 Å². The van der Waals surface area contributed by atoms with Crippen molar-refractivity contribution in [2.24, 2.45) is 0 Å². The molecule has 3 aromatic carbocycles. The van der Waals surface area contributed by atoms with Crippen LogP contribution in [0.25, 0.3) is 0 Å². The van der Waals surface area contributed by atoms with Crippen molar-refractivity contribution in [3.63, 3.8) is 0 Å². The highest BCUT2D eigenvalue weighted by Crippen LogP contribution is 2.32. The molecule has 1 saturated heterocycles. The molecular weight excluding hydrogens is 597 g/mol. The highest BCUT2D eigenvalue weighted by molar-refractivity contribution is 14.1. The van der Waals surface area contributed by atoms with E-state index in [9.17, 15) is 14.4 Å². The second-order valence-corrected chi connectivity index (χ2v) is 10.3. The average Bonchev–Trinajstić information content (AvgIpc) is 3.20. The monoisotopic (exact) mass is 627 g/mol. The van der Waals surface area contributed by atoms with Crippen LogP contribution in [-0.4, -0.2) is 49.1 Å². The number of halogens is 1. The number of methoxy groups -OCH3 is 1. The van der Waals surface area contributed by atoms with E-state index in [-0.39, 0.29) is 0 Å². The highest BCUT2D eigenvalue weighted by Gasteiger charge is 2.47. The van der Waals surface area contributed by atoms with Gasteiger partial charge in [-0.05, 0) is 76.5 Å². The zero-order chi connectivity index (χ0) is 27.2. The van der Waals surface area contributed by atoms with Gasteiger partial charge >= 0.3 is 6.03 Å². The number of nitrogens with zero attached hydrogens (tertiary/aromatic N) is 1. The van der Waals surface area contributed by atoms with Crippen molar-refractivity contribution in [1.82, 2.24) is 10.2 Å². The van der Waals surface area contributed by atoms with Crippen LogP contribution in [0.1, 0.15) is 35.6 Å². The molecule has 0 radical (unpaired) electrons. The SMILES string of the molecule is COCCOc1ccc([C@H]2NC(=O)N(C(C(=O)Nc3ccc(I)cc3C)[C@@H](C)c3ccccc3)C2=O)cc1. The van der Waals surface area contributed by atoms with E-state index >= 15 is 0 Å². The van der Waals surface area contributed by atoms with Gasteiger partial charge in [-0.2, -0.15) is 0 Å². The third kappa shape index (κ3) is 6.16. The largest absolute Gasteiger partial charge is 0.491 e. The van der Waals surface area contributed by atoms with Gasteiger partial charge in [-0.15, -0.1) is 0 Å². The molecule has 0 aliphatic carbocycles. The van der Waals surface area contributed by atoms with Crippen molar-refractivity contribution in [3.8, 4) is 5.75 Å². The predicted octanol–water partition coefficient (Wildman–Crippen LogP) is 5.03. The van der Waals surface area contributed by atoms with Gasteiger partial charge in [0.25, 0.3) is 5.91 Å². The molecule has 4 rings (SSSR count). The van der Waals surface area contributed by atoms with E-state index in [4.69, 9.17) is 9.47 Å². The van der Waals surface area contributed by atoms with Crippen LogP contribution in [-0.2, 0) is 14.3 Å². The number of amides is 4. The molecule has 0 bridgehead atoms. The minimum absolute atomic E-state index is 0.400. The Bertz CT molecular complexity index is 1300. The van der Waals surface area contributed by atoms with E-state index < -0.39 is 35.8 Å². The zero-order valence-electron chi connectivity index (χ0n) is 21.4. The van der Waals surface area contributed by atoms with Crippen molar-refractivity contribution < 1.29 is 23.9 Å². The lowest BCUT2D eigenvalue weighted by molar-refractivity contribution is -0.134. The molecule has 38 heavy (non-hydrogen) atoms. The van der Waals surface area contributed by atoms with Crippen LogP contribution in [0.15, 0.2) is 72.8 Å². The standard InChI is InChI=1S/C29H30IN3O5/c1-18-17-22(30)11-14-24(18)31-27(34)26(19(2)20-7-5-4-6-8-20)33-28(35)25(32-29(33)36)21-9-12-23(13-10-21)38-16-15-37-3/h4-14,17,19,25-26H,15-16H2,1-3H3,(H,31,34)(H,32,36)/t19-,25+,26?/m0/s1. The highest BCUT2D eigenvalue weighted by atomic mass is 127. The fourth-order valence-corrected chi connectivity index (χ4v) is 5.11. The Hall–Kier alpha value is -3.44. The zero-order valence-corrected chi connectivity index (χ0v) is 23.6. The summed E-state index contributed by atoms with van der Waals surface area (Å²) in [5, 5.41) is 5.71. The number of imide groups is 1. The molecule has 0 saturated carbocycles. The fraction of sp³-hybridized carbons (Fsp3) is 0.276. The van der Waals surface area contributed by atoms with E-state index in [2.05, 4.69) is 33.2 Å². The lowest BCUT2D eigenvalue weighted by atomic mass is 9.91. The number of carbonyl (C=O) groups is 3. The third-order valence-electron chi connectivity index (χ3n) is 6.53. The first kappa shape index (κ1) is 27.6. The van der Waals surface area contributed by atoms with Crippen molar-refractivity contribution in [1.29, 1.82) is 0 Å². The minimum Gasteiger partial charge on any atom is -0.491 e. The number of benzene rings is 3. The lowest BCUT2D eigenvalue weighted by Crippen LogP contribution is -2.50. The van der Waals surface area contributed by atoms with Gasteiger partial charge in [-0.25, -0.2) is 9.69 Å². The van der Waals surface area contributed by atoms with E-state index in [0.717, 1.165) is 19.6 Å². The maximum absolute atomic E-state index is 13.7. The molecule has 2 N–H and O–H groups in total. The molecular formula is C29H30IN3O5. The lowest BCUT2D eigenvalue weighted by Gasteiger charge is -2.30. The maximum Gasteiger partial charge on any atom is 0.325 e. The summed E-state index contributed by atoms with van der Waals surface area (Å²) in [6.07, 6.45) is 0. The van der Waals surface area contributed by atoms with Crippen molar-refractivity contribution >= 4 is 46.1 Å². The maximum atomic E-state index is 13.7. The van der Waals surface area contributed by atoms with Gasteiger partial charge in [0.1, 0.15) is 24.4 Å². The minimum atomic E-state index is -1.06. The Morgan fingerprint density at radius 1 is 1.05 bits per heavy atom. The van der Waals surface area contributed by atoms with Gasteiger partial charge in [0.2, 0.25) is 5.91 Å². The average molecular weight is 627 g/mol. The predicted molar refractivity (Wildman–Crippen MR) is 153 cm³/mol. The Balaban J connectivity index is 1.62. The van der Waals surface area contributed by atoms with Gasteiger partial charge in [0.05, 0.1) is 6.61 Å². The molecule has 9 heteroatoms. The normalized spacial score (nSPS) is 16.6. The summed E-state index contributed by atoms with van der Waals surface area (Å²) in [7, 11) is 1.60. The van der Waals surface area contributed by atoms with Crippen LogP contribution in [0.3, 0.4) is 0 Å². The number of aryl methyl sites for hydroxylation is 1. The summed E-state index contributed by atoms with van der Waals surface area (Å²) in [6.45, 7) is 4.61. The van der Waals surface area contributed by atoms with Gasteiger partial charge in [-0.1, -0.05) is 49.4 Å². The summed E-state index contributed by atoms with van der Waals surface area (Å²) in [5.74, 6) is -0.741. The summed E-state index contributed by atoms with van der Waals surface area (Å²) in [4.78, 5) is 41.7. The molecule has 1 aliphatic heterocycles. The first-order valence-electron chi connectivity index (χ1n) is 12.3. The van der Waals surface area contributed by atoms with Crippen LogP contribution in [0.4, 0.5) is 10.5 Å². The summed E-state index contributed by atoms with van der Waals surface area (Å²) in [6, 6.07) is 19.4. The second-order valence-electron chi connectivity index (χ2n) is 9.09. The number of anilines is 1. The third-order valence-corrected chi connectivity index (χ3v) is 7.20. The number of ether oxygens (including phenoxy) is 2. The van der Waals surface area contributed by atoms with Crippen LogP contribution in [0.2, 0.25) is 0 Å². The summed E-state index contributed by atoms with van der Waals surface area (Å²) < 4.78 is 11.6. The smallest absolute Gasteiger partial charge is 0.325 e. The number of nitrogens with one attached hydrogen (secondary N) is 2. The molecule has 1 unspecified atom stereocenters. The fourth-order valence-electron chi connectivity index (χ4n) is 4.46. The van der Waals surface area contributed by atoms with E-state index in [1.165, 1.54) is 0 Å². The molecule has 1 fully saturated rings. The quantitative estimate of drug-likeness (QED) is 0.187. The Morgan fingerprint density at radius 3 is 2.42 bits per heavy atom. The van der Waals surface area contributed by atoms with Gasteiger partial charge in [0.15, 0.2) is 0 Å². The van der Waals surface area contributed by atoms with Crippen molar-refractivity contribution in [2.45, 2.75) is 31.8 Å². The van der Waals surface area contributed by atoms with Crippen LogP contribution in [0.5, 0.6) is 5.75 Å². The molecule has 4 amide bonds. The number of carbonyl (C=O) groups excluding carboxylic acids is 3. The molecule has 198 valence electrons. The number of hydrogen-bond acceptors (Lipinski definition) is 5. The molecule has 3 aromatic rings. The van der Waals surface area contributed by atoms with Crippen LogP contribution < -0.4 is 15.4 Å². The number of hydrogen-bond donors (Lipinski definition) is 2. The summed E-state index contributed by atoms with van der Waals surface area (Å²) in [5.41, 5.74) is 2.96. The molecule has 1 heterocycles. The van der Waals surface area contributed by atoms with Gasteiger partial charge in [0, 0.05) is 22.3 Å². The number of rotatable bonds is 10. The molecule has 1 aliphatic rings. The molecule has 0 aromatic heterocycles. The molecule has 8 nitrogen and oxygen atoms in total. The Kier molecular flexibility index (Phi) is 9.01. The van der Waals surface area contributed by atoms with Gasteiger partial charge in [-0.3, -0.25) is 9.59 Å². The molecule has 3 atom stereocenters. The van der Waals surface area contributed by atoms with Crippen LogP contribution >= 0.6 is 22.6 Å². The first-order chi connectivity index (χ1) is 18.3. The Morgan fingerprint density at radius 2 is 1.76 bits per heavy atom. The second kappa shape index (κ2) is 12.4. The topological polar surface area (TPSA) is 97.0 Å². The molecule has 0 spiro atoms. The van der Waals surface area contributed by atoms with Crippen molar-refractivity contribution in [3.05, 3.63) is 93.1 Å². The summed E-state index contributed by atoms with van der Waals surface area (Å²) >= 11 is 2.21. The number of urea groups is 1.